The predicted octanol–water partition coefficient (Wildman–Crippen LogP) is 3.28. The predicted molar refractivity (Wildman–Crippen MR) is 40.8 cm³/mol. The molecule has 0 radical (unpaired) electrons. The van der Waals surface area contributed by atoms with E-state index in [1.807, 2.05) is 13.8 Å². The van der Waals surface area contributed by atoms with E-state index in [0.29, 0.717) is 0 Å². The third kappa shape index (κ3) is 17.7. The van der Waals surface area contributed by atoms with Crippen LogP contribution in [0.3, 0.4) is 0 Å². The van der Waals surface area contributed by atoms with Gasteiger partial charge in [-0.1, -0.05) is 27.7 Å². The standard InChI is InChI=1S/C6H13.C2H6.W/c1-5(2)6(3)4;1-2;/h5H,1-4H3;1-2H3;/q-1;;. The van der Waals surface area contributed by atoms with Crippen LogP contribution in [0.4, 0.5) is 0 Å². The molecule has 0 unspecified atom stereocenters. The Labute approximate surface area is 74.7 Å². The average Bonchev–Trinajstić information content (AvgIpc) is 1.72. The first-order valence-corrected chi connectivity index (χ1v) is 3.44. The Bertz CT molecular complexity index is 25.5. The summed E-state index contributed by atoms with van der Waals surface area (Å²) in [7, 11) is 0. The van der Waals surface area contributed by atoms with Gasteiger partial charge in [0.1, 0.15) is 0 Å². The summed E-state index contributed by atoms with van der Waals surface area (Å²) >= 11 is 0. The average molecular weight is 299 g/mol. The first-order chi connectivity index (χ1) is 3.64. The van der Waals surface area contributed by atoms with E-state index in [9.17, 15) is 0 Å². The molecule has 0 atom stereocenters. The van der Waals surface area contributed by atoms with Crippen molar-refractivity contribution in [2.75, 3.05) is 0 Å². The second-order valence-corrected chi connectivity index (χ2v) is 2.23. The van der Waals surface area contributed by atoms with Crippen molar-refractivity contribution in [1.29, 1.82) is 0 Å². The first kappa shape index (κ1) is 16.3. The minimum absolute atomic E-state index is 0. The van der Waals surface area contributed by atoms with Gasteiger partial charge in [-0.25, -0.2) is 0 Å². The van der Waals surface area contributed by atoms with E-state index >= 15 is 0 Å². The fourth-order valence-corrected chi connectivity index (χ4v) is 0. The topological polar surface area (TPSA) is 0 Å². The second kappa shape index (κ2) is 11.5. The van der Waals surface area contributed by atoms with Gasteiger partial charge in [0.2, 0.25) is 0 Å². The van der Waals surface area contributed by atoms with Gasteiger partial charge in [0.25, 0.3) is 0 Å². The minimum Gasteiger partial charge on any atom is -0.317 e. The van der Waals surface area contributed by atoms with E-state index in [-0.39, 0.29) is 21.1 Å². The zero-order valence-corrected chi connectivity index (χ0v) is 10.4. The molecule has 0 amide bonds. The van der Waals surface area contributed by atoms with Gasteiger partial charge in [0, 0.05) is 21.1 Å². The molecular formula is C8H19W-. The van der Waals surface area contributed by atoms with Crippen LogP contribution in [-0.4, -0.2) is 0 Å². The number of hydrogen-bond donors (Lipinski definition) is 0. The molecule has 0 aromatic heterocycles. The Morgan fingerprint density at radius 3 is 1.11 bits per heavy atom. The number of rotatable bonds is 1. The molecule has 58 valence electrons. The van der Waals surface area contributed by atoms with Crippen molar-refractivity contribution in [3.63, 3.8) is 0 Å². The van der Waals surface area contributed by atoms with Gasteiger partial charge < -0.3 is 5.92 Å². The van der Waals surface area contributed by atoms with E-state index in [2.05, 4.69) is 27.7 Å². The van der Waals surface area contributed by atoms with Crippen molar-refractivity contribution < 1.29 is 21.1 Å². The van der Waals surface area contributed by atoms with Crippen LogP contribution in [-0.2, 0) is 21.1 Å². The van der Waals surface area contributed by atoms with Crippen molar-refractivity contribution in [2.45, 2.75) is 41.5 Å². The van der Waals surface area contributed by atoms with E-state index in [4.69, 9.17) is 0 Å². The normalized spacial score (nSPS) is 8.00. The molecule has 0 bridgehead atoms. The molecule has 0 nitrogen and oxygen atoms in total. The molecule has 9 heavy (non-hydrogen) atoms. The summed E-state index contributed by atoms with van der Waals surface area (Å²) < 4.78 is 0. The molecule has 0 aliphatic rings. The van der Waals surface area contributed by atoms with Crippen LogP contribution in [0.25, 0.3) is 0 Å². The summed E-state index contributed by atoms with van der Waals surface area (Å²) in [5.41, 5.74) is 0. The zero-order valence-electron chi connectivity index (χ0n) is 7.49. The van der Waals surface area contributed by atoms with E-state index in [0.717, 1.165) is 5.92 Å². The Morgan fingerprint density at radius 2 is 1.11 bits per heavy atom. The third-order valence-corrected chi connectivity index (χ3v) is 1.15. The van der Waals surface area contributed by atoms with Crippen molar-refractivity contribution >= 4 is 0 Å². The molecule has 0 aliphatic heterocycles. The summed E-state index contributed by atoms with van der Waals surface area (Å²) in [5.74, 6) is 2.28. The van der Waals surface area contributed by atoms with Crippen LogP contribution in [0, 0.1) is 11.8 Å². The fraction of sp³-hybridized carbons (Fsp3) is 0.875. The maximum Gasteiger partial charge on any atom is 0 e. The van der Waals surface area contributed by atoms with Gasteiger partial charge in [-0.3, -0.25) is 0 Å². The van der Waals surface area contributed by atoms with Gasteiger partial charge in [0.05, 0.1) is 0 Å². The minimum atomic E-state index is 0. The van der Waals surface area contributed by atoms with Gasteiger partial charge in [-0.05, 0) is 0 Å². The Kier molecular flexibility index (Phi) is 20.9. The van der Waals surface area contributed by atoms with Gasteiger partial charge >= 0.3 is 0 Å². The van der Waals surface area contributed by atoms with Gasteiger partial charge in [-0.15, -0.1) is 0 Å². The summed E-state index contributed by atoms with van der Waals surface area (Å²) in [4.78, 5) is 0. The van der Waals surface area contributed by atoms with Gasteiger partial charge in [0.15, 0.2) is 0 Å². The van der Waals surface area contributed by atoms with Gasteiger partial charge in [-0.2, -0.15) is 19.8 Å². The van der Waals surface area contributed by atoms with Crippen LogP contribution < -0.4 is 0 Å². The molecule has 0 rings (SSSR count). The maximum absolute atomic E-state index is 2.20. The molecular weight excluding hydrogens is 280 g/mol. The third-order valence-electron chi connectivity index (χ3n) is 1.15. The molecule has 0 spiro atoms. The van der Waals surface area contributed by atoms with Crippen LogP contribution in [0.2, 0.25) is 0 Å². The van der Waals surface area contributed by atoms with Crippen molar-refractivity contribution in [3.8, 4) is 0 Å². The molecule has 0 saturated heterocycles. The van der Waals surface area contributed by atoms with Crippen LogP contribution in [0.1, 0.15) is 41.5 Å². The number of hydrogen-bond acceptors (Lipinski definition) is 0. The molecule has 0 aromatic rings. The van der Waals surface area contributed by atoms with Crippen molar-refractivity contribution in [2.24, 2.45) is 5.92 Å². The molecule has 0 saturated carbocycles. The Balaban J connectivity index is -0.000000109. The maximum atomic E-state index is 2.20. The van der Waals surface area contributed by atoms with E-state index in [1.165, 1.54) is 5.92 Å². The quantitative estimate of drug-likeness (QED) is 0.652. The molecule has 0 N–H and O–H groups in total. The summed E-state index contributed by atoms with van der Waals surface area (Å²) in [5, 5.41) is 0. The van der Waals surface area contributed by atoms with E-state index in [1.54, 1.807) is 0 Å². The molecule has 0 aliphatic carbocycles. The summed E-state index contributed by atoms with van der Waals surface area (Å²) in [6.45, 7) is 12.7. The monoisotopic (exact) mass is 299 g/mol. The molecule has 0 aromatic carbocycles. The summed E-state index contributed by atoms with van der Waals surface area (Å²) in [6.07, 6.45) is 0. The van der Waals surface area contributed by atoms with Crippen molar-refractivity contribution in [1.82, 2.24) is 0 Å². The molecule has 0 heterocycles. The zero-order chi connectivity index (χ0) is 7.15. The fourth-order valence-electron chi connectivity index (χ4n) is 0. The Hall–Kier alpha value is 0.688. The SMILES string of the molecule is CC.C[C-](C)C(C)C.[W]. The van der Waals surface area contributed by atoms with Crippen LogP contribution in [0.15, 0.2) is 0 Å². The Morgan fingerprint density at radius 1 is 1.00 bits per heavy atom. The van der Waals surface area contributed by atoms with Crippen LogP contribution >= 0.6 is 0 Å². The van der Waals surface area contributed by atoms with E-state index < -0.39 is 0 Å². The summed E-state index contributed by atoms with van der Waals surface area (Å²) in [6, 6.07) is 0. The van der Waals surface area contributed by atoms with Crippen LogP contribution in [0.5, 0.6) is 0 Å². The molecule has 1 heteroatoms. The first-order valence-electron chi connectivity index (χ1n) is 3.44. The van der Waals surface area contributed by atoms with Crippen molar-refractivity contribution in [3.05, 3.63) is 5.92 Å². The largest absolute Gasteiger partial charge is 0.317 e. The second-order valence-electron chi connectivity index (χ2n) is 2.23. The smallest absolute Gasteiger partial charge is 0 e. The molecule has 0 fully saturated rings.